The van der Waals surface area contributed by atoms with Crippen molar-refractivity contribution in [1.29, 1.82) is 0 Å². The van der Waals surface area contributed by atoms with Gasteiger partial charge in [-0.1, -0.05) is 0 Å². The van der Waals surface area contributed by atoms with Crippen LogP contribution in [0.5, 0.6) is 0 Å². The molecule has 0 radical (unpaired) electrons. The molecule has 1 saturated heterocycles. The van der Waals surface area contributed by atoms with E-state index >= 15 is 0 Å². The van der Waals surface area contributed by atoms with Gasteiger partial charge in [0.15, 0.2) is 0 Å². The molecule has 106 valence electrons. The normalized spacial score (nSPS) is 26.6. The third-order valence-electron chi connectivity index (χ3n) is 3.87. The molecule has 1 aromatic heterocycles. The zero-order valence-corrected chi connectivity index (χ0v) is 11.5. The number of nitrogens with zero attached hydrogens (tertiary/aromatic N) is 2. The molecule has 1 aliphatic carbocycles. The maximum Gasteiger partial charge on any atom is 0.258 e. The van der Waals surface area contributed by atoms with Crippen LogP contribution in [0.2, 0.25) is 0 Å². The van der Waals surface area contributed by atoms with Gasteiger partial charge in [0.25, 0.3) is 5.91 Å². The number of hydrogen-bond acceptors (Lipinski definition) is 5. The lowest BCUT2D eigenvalue weighted by atomic mass is 10.1. The van der Waals surface area contributed by atoms with Crippen molar-refractivity contribution in [3.8, 4) is 0 Å². The molecule has 20 heavy (non-hydrogen) atoms. The highest BCUT2D eigenvalue weighted by atomic mass is 16.2. The number of hydrazone groups is 1. The van der Waals surface area contributed by atoms with Crippen LogP contribution >= 0.6 is 0 Å². The Bertz CT molecular complexity index is 512. The van der Waals surface area contributed by atoms with Crippen molar-refractivity contribution in [3.63, 3.8) is 0 Å². The molecule has 2 heterocycles. The molecule has 1 amide bonds. The first kappa shape index (κ1) is 13.2. The molecule has 0 spiro atoms. The summed E-state index contributed by atoms with van der Waals surface area (Å²) in [4.78, 5) is 16.0. The highest BCUT2D eigenvalue weighted by Crippen LogP contribution is 2.35. The van der Waals surface area contributed by atoms with E-state index in [1.54, 1.807) is 12.4 Å². The topological polar surface area (TPSA) is 78.4 Å². The molecule has 0 aromatic carbocycles. The molecule has 2 fully saturated rings. The zero-order chi connectivity index (χ0) is 13.9. The van der Waals surface area contributed by atoms with Crippen molar-refractivity contribution in [2.75, 3.05) is 0 Å². The van der Waals surface area contributed by atoms with E-state index < -0.39 is 0 Å². The number of nitrogens with one attached hydrogen (secondary N) is 3. The average Bonchev–Trinajstić information content (AvgIpc) is 3.22. The van der Waals surface area contributed by atoms with Crippen molar-refractivity contribution in [2.45, 2.75) is 38.3 Å². The summed E-state index contributed by atoms with van der Waals surface area (Å²) in [6, 6.07) is 3.96. The molecule has 2 unspecified atom stereocenters. The van der Waals surface area contributed by atoms with Gasteiger partial charge in [0.2, 0.25) is 0 Å². The molecule has 2 aliphatic rings. The van der Waals surface area contributed by atoms with Crippen molar-refractivity contribution < 1.29 is 4.79 Å². The third-order valence-corrected chi connectivity index (χ3v) is 3.87. The molecular weight excluding hydrogens is 254 g/mol. The standard InChI is InChI=1S/C14H19N5O/c1-9(10-4-6-15-7-5-10)16-19-14(20)13-8-12(17-18-13)11-2-3-11/h4-7,11-13,17-18H,2-3,8H2,1H3,(H,19,20)/b16-9+. The summed E-state index contributed by atoms with van der Waals surface area (Å²) in [5.74, 6) is 0.649. The summed E-state index contributed by atoms with van der Waals surface area (Å²) in [5.41, 5.74) is 10.6. The summed E-state index contributed by atoms with van der Waals surface area (Å²) < 4.78 is 0. The van der Waals surface area contributed by atoms with E-state index in [-0.39, 0.29) is 11.9 Å². The van der Waals surface area contributed by atoms with Gasteiger partial charge in [0.1, 0.15) is 6.04 Å². The molecule has 3 rings (SSSR count). The second kappa shape index (κ2) is 5.68. The van der Waals surface area contributed by atoms with Crippen molar-refractivity contribution in [2.24, 2.45) is 11.0 Å². The van der Waals surface area contributed by atoms with Crippen LogP contribution in [0.4, 0.5) is 0 Å². The summed E-state index contributed by atoms with van der Waals surface area (Å²) in [6.07, 6.45) is 6.79. The Hall–Kier alpha value is -1.79. The van der Waals surface area contributed by atoms with Crippen LogP contribution in [-0.2, 0) is 4.79 Å². The van der Waals surface area contributed by atoms with Gasteiger partial charge in [-0.15, -0.1) is 0 Å². The lowest BCUT2D eigenvalue weighted by Gasteiger charge is -2.08. The minimum atomic E-state index is -0.199. The number of hydrazine groups is 1. The Morgan fingerprint density at radius 3 is 2.80 bits per heavy atom. The number of carbonyl (C=O) groups excluding carboxylic acids is 1. The predicted octanol–water partition coefficient (Wildman–Crippen LogP) is 0.567. The zero-order valence-electron chi connectivity index (χ0n) is 11.5. The number of rotatable bonds is 4. The first-order valence-corrected chi connectivity index (χ1v) is 6.99. The molecular formula is C14H19N5O. The minimum Gasteiger partial charge on any atom is -0.271 e. The van der Waals surface area contributed by atoms with Crippen LogP contribution in [0.15, 0.2) is 29.6 Å². The molecule has 1 aliphatic heterocycles. The van der Waals surface area contributed by atoms with Crippen LogP contribution in [0, 0.1) is 5.92 Å². The number of hydrogen-bond donors (Lipinski definition) is 3. The van der Waals surface area contributed by atoms with Gasteiger partial charge >= 0.3 is 0 Å². The van der Waals surface area contributed by atoms with Gasteiger partial charge in [-0.25, -0.2) is 10.9 Å². The molecule has 1 aromatic rings. The molecule has 3 N–H and O–H groups in total. The summed E-state index contributed by atoms with van der Waals surface area (Å²) in [7, 11) is 0. The predicted molar refractivity (Wildman–Crippen MR) is 75.8 cm³/mol. The smallest absolute Gasteiger partial charge is 0.258 e. The lowest BCUT2D eigenvalue weighted by Crippen LogP contribution is -2.42. The van der Waals surface area contributed by atoms with Gasteiger partial charge in [-0.3, -0.25) is 15.2 Å². The highest BCUT2D eigenvalue weighted by molar-refractivity contribution is 5.99. The van der Waals surface area contributed by atoms with E-state index in [1.165, 1.54) is 12.8 Å². The van der Waals surface area contributed by atoms with E-state index in [0.717, 1.165) is 23.6 Å². The monoisotopic (exact) mass is 273 g/mol. The van der Waals surface area contributed by atoms with E-state index in [2.05, 4.69) is 26.4 Å². The Morgan fingerprint density at radius 2 is 2.10 bits per heavy atom. The molecule has 6 nitrogen and oxygen atoms in total. The average molecular weight is 273 g/mol. The number of carbonyl (C=O) groups is 1. The maximum atomic E-state index is 12.0. The largest absolute Gasteiger partial charge is 0.271 e. The van der Waals surface area contributed by atoms with Crippen LogP contribution in [0.3, 0.4) is 0 Å². The summed E-state index contributed by atoms with van der Waals surface area (Å²) >= 11 is 0. The van der Waals surface area contributed by atoms with Crippen LogP contribution in [0.25, 0.3) is 0 Å². The summed E-state index contributed by atoms with van der Waals surface area (Å²) in [5, 5.41) is 4.15. The molecule has 0 bridgehead atoms. The van der Waals surface area contributed by atoms with E-state index in [4.69, 9.17) is 0 Å². The van der Waals surface area contributed by atoms with Crippen LogP contribution in [0.1, 0.15) is 31.7 Å². The highest BCUT2D eigenvalue weighted by Gasteiger charge is 2.38. The van der Waals surface area contributed by atoms with Gasteiger partial charge < -0.3 is 0 Å². The van der Waals surface area contributed by atoms with Gasteiger partial charge in [-0.2, -0.15) is 5.10 Å². The Labute approximate surface area is 118 Å². The van der Waals surface area contributed by atoms with Crippen molar-refractivity contribution >= 4 is 11.6 Å². The van der Waals surface area contributed by atoms with Crippen LogP contribution in [-0.4, -0.2) is 28.7 Å². The molecule has 6 heteroatoms. The third kappa shape index (κ3) is 3.02. The first-order valence-electron chi connectivity index (χ1n) is 6.99. The van der Waals surface area contributed by atoms with E-state index in [0.29, 0.717) is 6.04 Å². The summed E-state index contributed by atoms with van der Waals surface area (Å²) in [6.45, 7) is 1.86. The quantitative estimate of drug-likeness (QED) is 0.553. The Balaban J connectivity index is 1.54. The fraction of sp³-hybridized carbons (Fsp3) is 0.500. The Kier molecular flexibility index (Phi) is 3.75. The Morgan fingerprint density at radius 1 is 1.35 bits per heavy atom. The first-order chi connectivity index (χ1) is 9.74. The maximum absolute atomic E-state index is 12.0. The van der Waals surface area contributed by atoms with Gasteiger partial charge in [0.05, 0.1) is 5.71 Å². The van der Waals surface area contributed by atoms with Crippen molar-refractivity contribution in [1.82, 2.24) is 21.3 Å². The van der Waals surface area contributed by atoms with E-state index in [9.17, 15) is 4.79 Å². The second-order valence-electron chi connectivity index (χ2n) is 5.43. The van der Waals surface area contributed by atoms with Gasteiger partial charge in [0, 0.05) is 24.0 Å². The fourth-order valence-corrected chi connectivity index (χ4v) is 2.44. The van der Waals surface area contributed by atoms with Gasteiger partial charge in [-0.05, 0) is 44.2 Å². The lowest BCUT2D eigenvalue weighted by molar-refractivity contribution is -0.122. The van der Waals surface area contributed by atoms with Crippen molar-refractivity contribution in [3.05, 3.63) is 30.1 Å². The molecule has 2 atom stereocenters. The van der Waals surface area contributed by atoms with Crippen LogP contribution < -0.4 is 16.3 Å². The fourth-order valence-electron chi connectivity index (χ4n) is 2.44. The second-order valence-corrected chi connectivity index (χ2v) is 5.43. The minimum absolute atomic E-state index is 0.0888. The number of aromatic nitrogens is 1. The molecule has 1 saturated carbocycles. The number of amides is 1. The number of pyridine rings is 1. The SMILES string of the molecule is C/C(=N\NC(=O)C1CC(C2CC2)NN1)c1ccncc1. The van der Waals surface area contributed by atoms with E-state index in [1.807, 2.05) is 19.1 Å².